The van der Waals surface area contributed by atoms with Gasteiger partial charge >= 0.3 is 13.8 Å². The van der Waals surface area contributed by atoms with Crippen molar-refractivity contribution in [2.45, 2.75) is 96.5 Å². The number of hydrogen-bond donors (Lipinski definition) is 2. The number of esters is 1. The lowest BCUT2D eigenvalue weighted by molar-refractivity contribution is -0.870. The lowest BCUT2D eigenvalue weighted by atomic mass is 10.0. The number of rotatable bonds is 22. The molecule has 0 spiro atoms. The molecule has 192 valence electrons. The average Bonchev–Trinajstić information content (AvgIpc) is 2.70. The maximum Gasteiger partial charge on any atom is 0.472 e. The molecule has 0 aromatic carbocycles. The summed E-state index contributed by atoms with van der Waals surface area (Å²) >= 11 is 0. The van der Waals surface area contributed by atoms with Crippen molar-refractivity contribution in [1.29, 1.82) is 0 Å². The first-order valence-electron chi connectivity index (χ1n) is 12.3. The number of ether oxygens (including phenoxy) is 1. The van der Waals surface area contributed by atoms with E-state index in [4.69, 9.17) is 13.8 Å². The summed E-state index contributed by atoms with van der Waals surface area (Å²) < 4.78 is 27.0. The minimum Gasteiger partial charge on any atom is -0.463 e. The van der Waals surface area contributed by atoms with Crippen LogP contribution in [-0.4, -0.2) is 74.1 Å². The molecular weight excluding hydrogens is 433 g/mol. The predicted octanol–water partition coefficient (Wildman–Crippen LogP) is 4.82. The van der Waals surface area contributed by atoms with Gasteiger partial charge in [-0.1, -0.05) is 77.6 Å². The first kappa shape index (κ1) is 31.5. The van der Waals surface area contributed by atoms with Crippen LogP contribution in [0.15, 0.2) is 0 Å². The predicted molar refractivity (Wildman–Crippen MR) is 127 cm³/mol. The molecule has 0 radical (unpaired) electrons. The molecule has 8 nitrogen and oxygen atoms in total. The lowest BCUT2D eigenvalue weighted by Gasteiger charge is -2.24. The van der Waals surface area contributed by atoms with Crippen LogP contribution in [0, 0.1) is 0 Å². The highest BCUT2D eigenvalue weighted by Gasteiger charge is 2.24. The number of hydrogen-bond acceptors (Lipinski definition) is 6. The summed E-state index contributed by atoms with van der Waals surface area (Å²) in [6.45, 7) is 2.12. The van der Waals surface area contributed by atoms with Gasteiger partial charge in [0.05, 0.1) is 27.7 Å². The standard InChI is InChI=1S/C23H48NO7P/c1-5-6-7-8-9-10-11-12-13-14-15-16-17-23(26)29-20-22(25)21-31-32(27,28)30-19-18-24(2,3)4/h22,25H,5-21H2,1-4H3/p+1/t22-/m1/s1. The molecule has 0 bridgehead atoms. The smallest absolute Gasteiger partial charge is 0.463 e. The van der Waals surface area contributed by atoms with Crippen LogP contribution in [0.4, 0.5) is 0 Å². The van der Waals surface area contributed by atoms with Crippen molar-refractivity contribution in [2.75, 3.05) is 47.5 Å². The van der Waals surface area contributed by atoms with E-state index in [2.05, 4.69) is 6.92 Å². The van der Waals surface area contributed by atoms with Gasteiger partial charge in [0.15, 0.2) is 0 Å². The van der Waals surface area contributed by atoms with Gasteiger partial charge in [-0.3, -0.25) is 13.8 Å². The normalized spacial score (nSPS) is 14.8. The van der Waals surface area contributed by atoms with E-state index in [0.717, 1.165) is 19.3 Å². The van der Waals surface area contributed by atoms with Crippen LogP contribution >= 0.6 is 7.82 Å². The minimum absolute atomic E-state index is 0.0570. The fraction of sp³-hybridized carbons (Fsp3) is 0.957. The molecule has 1 unspecified atom stereocenters. The van der Waals surface area contributed by atoms with Gasteiger partial charge in [-0.15, -0.1) is 0 Å². The van der Waals surface area contributed by atoms with E-state index in [1.54, 1.807) is 0 Å². The number of phosphoric ester groups is 1. The van der Waals surface area contributed by atoms with Crippen LogP contribution in [-0.2, 0) is 23.1 Å². The highest BCUT2D eigenvalue weighted by atomic mass is 31.2. The first-order chi connectivity index (χ1) is 15.1. The van der Waals surface area contributed by atoms with Gasteiger partial charge in [-0.2, -0.15) is 0 Å². The molecule has 2 N–H and O–H groups in total. The van der Waals surface area contributed by atoms with E-state index in [9.17, 15) is 19.4 Å². The lowest BCUT2D eigenvalue weighted by Crippen LogP contribution is -2.37. The van der Waals surface area contributed by atoms with E-state index in [1.807, 2.05) is 21.1 Å². The van der Waals surface area contributed by atoms with Gasteiger partial charge in [0.2, 0.25) is 0 Å². The number of phosphoric acid groups is 1. The average molecular weight is 483 g/mol. The Hall–Kier alpha value is -0.500. The molecule has 0 heterocycles. The molecule has 0 aromatic heterocycles. The molecule has 0 fully saturated rings. The number of unbranched alkanes of at least 4 members (excludes halogenated alkanes) is 11. The van der Waals surface area contributed by atoms with Crippen molar-refractivity contribution in [3.8, 4) is 0 Å². The van der Waals surface area contributed by atoms with E-state index >= 15 is 0 Å². The highest BCUT2D eigenvalue weighted by molar-refractivity contribution is 7.47. The van der Waals surface area contributed by atoms with Crippen molar-refractivity contribution in [3.63, 3.8) is 0 Å². The second-order valence-corrected chi connectivity index (χ2v) is 11.0. The van der Waals surface area contributed by atoms with Crippen LogP contribution in [0.2, 0.25) is 0 Å². The van der Waals surface area contributed by atoms with Crippen molar-refractivity contribution in [3.05, 3.63) is 0 Å². The zero-order valence-corrected chi connectivity index (χ0v) is 21.8. The van der Waals surface area contributed by atoms with Crippen LogP contribution in [0.3, 0.4) is 0 Å². The summed E-state index contributed by atoms with van der Waals surface area (Å²) in [5.41, 5.74) is 0. The van der Waals surface area contributed by atoms with Crippen LogP contribution < -0.4 is 0 Å². The van der Waals surface area contributed by atoms with Crippen LogP contribution in [0.5, 0.6) is 0 Å². The van der Waals surface area contributed by atoms with E-state index < -0.39 is 20.5 Å². The van der Waals surface area contributed by atoms with Gasteiger partial charge in [0, 0.05) is 6.42 Å². The molecule has 0 saturated heterocycles. The summed E-state index contributed by atoms with van der Waals surface area (Å²) in [6, 6.07) is 0. The second-order valence-electron chi connectivity index (χ2n) is 9.59. The summed E-state index contributed by atoms with van der Waals surface area (Å²) in [7, 11) is 1.56. The Bertz CT molecular complexity index is 511. The van der Waals surface area contributed by atoms with Crippen molar-refractivity contribution in [1.82, 2.24) is 0 Å². The fourth-order valence-electron chi connectivity index (χ4n) is 3.07. The van der Waals surface area contributed by atoms with Crippen LogP contribution in [0.25, 0.3) is 0 Å². The zero-order valence-electron chi connectivity index (χ0n) is 20.9. The SMILES string of the molecule is CCCCCCCCCCCCCCC(=O)OC[C@@H](O)COP(=O)(O)OCC[N+](C)(C)C. The molecular formula is C23H49NO7P+. The Balaban J connectivity index is 3.60. The van der Waals surface area contributed by atoms with Gasteiger partial charge in [0.1, 0.15) is 25.9 Å². The van der Waals surface area contributed by atoms with Crippen molar-refractivity contribution < 1.29 is 37.6 Å². The Kier molecular flexibility index (Phi) is 18.6. The number of carbonyl (C=O) groups is 1. The fourth-order valence-corrected chi connectivity index (χ4v) is 3.81. The zero-order chi connectivity index (χ0) is 24.3. The minimum atomic E-state index is -4.23. The Morgan fingerprint density at radius 3 is 1.84 bits per heavy atom. The first-order valence-corrected chi connectivity index (χ1v) is 13.8. The topological polar surface area (TPSA) is 102 Å². The molecule has 2 atom stereocenters. The Morgan fingerprint density at radius 1 is 0.844 bits per heavy atom. The number of aliphatic hydroxyl groups is 1. The van der Waals surface area contributed by atoms with Gasteiger partial charge in [-0.05, 0) is 6.42 Å². The summed E-state index contributed by atoms with van der Waals surface area (Å²) in [6.07, 6.45) is 13.9. The second kappa shape index (κ2) is 18.9. The molecule has 0 amide bonds. The number of nitrogens with zero attached hydrogens (tertiary/aromatic N) is 1. The quantitative estimate of drug-likeness (QED) is 0.0987. The third-order valence-electron chi connectivity index (χ3n) is 5.12. The van der Waals surface area contributed by atoms with Crippen LogP contribution in [0.1, 0.15) is 90.4 Å². The van der Waals surface area contributed by atoms with Crippen molar-refractivity contribution in [2.24, 2.45) is 0 Å². The van der Waals surface area contributed by atoms with E-state index in [1.165, 1.54) is 57.8 Å². The largest absolute Gasteiger partial charge is 0.472 e. The Labute approximate surface area is 195 Å². The van der Waals surface area contributed by atoms with Gasteiger partial charge in [-0.25, -0.2) is 4.57 Å². The monoisotopic (exact) mass is 482 g/mol. The summed E-state index contributed by atoms with van der Waals surface area (Å²) in [5, 5.41) is 9.80. The summed E-state index contributed by atoms with van der Waals surface area (Å²) in [5.74, 6) is -0.373. The molecule has 0 aliphatic rings. The van der Waals surface area contributed by atoms with Gasteiger partial charge < -0.3 is 19.2 Å². The number of quaternary nitrogens is 1. The maximum absolute atomic E-state index is 11.8. The summed E-state index contributed by atoms with van der Waals surface area (Å²) in [4.78, 5) is 21.4. The highest BCUT2D eigenvalue weighted by Crippen LogP contribution is 2.43. The van der Waals surface area contributed by atoms with Gasteiger partial charge in [0.25, 0.3) is 0 Å². The molecule has 9 heteroatoms. The van der Waals surface area contributed by atoms with E-state index in [0.29, 0.717) is 17.4 Å². The number of aliphatic hydroxyl groups excluding tert-OH is 1. The molecule has 0 aliphatic heterocycles. The molecule has 0 aliphatic carbocycles. The molecule has 0 rings (SSSR count). The number of carbonyl (C=O) groups excluding carboxylic acids is 1. The maximum atomic E-state index is 11.8. The Morgan fingerprint density at radius 2 is 1.34 bits per heavy atom. The molecule has 0 saturated carbocycles. The third-order valence-corrected chi connectivity index (χ3v) is 6.10. The molecule has 0 aromatic rings. The number of likely N-dealkylation sites (N-methyl/N-ethyl adjacent to an activating group) is 1. The van der Waals surface area contributed by atoms with Crippen molar-refractivity contribution >= 4 is 13.8 Å². The molecule has 32 heavy (non-hydrogen) atoms. The van der Waals surface area contributed by atoms with E-state index in [-0.39, 0.29) is 19.2 Å². The third kappa shape index (κ3) is 22.7.